The maximum atomic E-state index is 15.5. The average Bonchev–Trinajstić information content (AvgIpc) is 2.94. The van der Waals surface area contributed by atoms with Crippen LogP contribution in [0, 0.1) is 17.5 Å². The van der Waals surface area contributed by atoms with Gasteiger partial charge in [0.25, 0.3) is 0 Å². The third-order valence-corrected chi connectivity index (χ3v) is 7.31. The van der Waals surface area contributed by atoms with E-state index in [1.54, 1.807) is 31.2 Å². The molecular formula is C34H32F6O. The number of rotatable bonds is 10. The summed E-state index contributed by atoms with van der Waals surface area (Å²) in [4.78, 5) is 0. The van der Waals surface area contributed by atoms with Crippen LogP contribution in [0.25, 0.3) is 22.3 Å². The van der Waals surface area contributed by atoms with Crippen molar-refractivity contribution in [1.82, 2.24) is 0 Å². The van der Waals surface area contributed by atoms with Crippen molar-refractivity contribution in [3.05, 3.63) is 118 Å². The summed E-state index contributed by atoms with van der Waals surface area (Å²) in [6, 6.07) is 19.6. The van der Waals surface area contributed by atoms with Crippen LogP contribution in [0.3, 0.4) is 0 Å². The van der Waals surface area contributed by atoms with E-state index in [0.29, 0.717) is 12.0 Å². The first-order chi connectivity index (χ1) is 19.5. The molecule has 0 saturated heterocycles. The van der Waals surface area contributed by atoms with Gasteiger partial charge in [-0.2, -0.15) is 13.2 Å². The van der Waals surface area contributed by atoms with E-state index in [2.05, 4.69) is 6.92 Å². The molecule has 0 amide bonds. The predicted molar refractivity (Wildman–Crippen MR) is 150 cm³/mol. The van der Waals surface area contributed by atoms with Gasteiger partial charge in [-0.1, -0.05) is 99.5 Å². The van der Waals surface area contributed by atoms with Gasteiger partial charge in [0.1, 0.15) is 5.82 Å². The third kappa shape index (κ3) is 6.84. The van der Waals surface area contributed by atoms with Gasteiger partial charge < -0.3 is 5.11 Å². The largest absolute Gasteiger partial charge is 0.419 e. The van der Waals surface area contributed by atoms with Crippen molar-refractivity contribution in [2.75, 3.05) is 0 Å². The van der Waals surface area contributed by atoms with Gasteiger partial charge in [-0.15, -0.1) is 0 Å². The van der Waals surface area contributed by atoms with E-state index in [1.165, 1.54) is 29.8 Å². The highest BCUT2D eigenvalue weighted by Gasteiger charge is 2.38. The van der Waals surface area contributed by atoms with E-state index < -0.39 is 35.3 Å². The number of aryl methyl sites for hydroxylation is 3. The molecular weight excluding hydrogens is 538 g/mol. The van der Waals surface area contributed by atoms with E-state index in [0.717, 1.165) is 24.0 Å². The number of hydrogen-bond donors (Lipinski definition) is 1. The molecule has 4 aromatic rings. The monoisotopic (exact) mass is 570 g/mol. The molecule has 0 radical (unpaired) electrons. The molecule has 0 aliphatic rings. The Morgan fingerprint density at radius 1 is 0.610 bits per heavy atom. The second-order valence-electron chi connectivity index (χ2n) is 10.2. The van der Waals surface area contributed by atoms with Crippen molar-refractivity contribution >= 4 is 0 Å². The Kier molecular flexibility index (Phi) is 9.59. The minimum absolute atomic E-state index is 0.147. The summed E-state index contributed by atoms with van der Waals surface area (Å²) in [5.41, 5.74) is 0.999. The van der Waals surface area contributed by atoms with Crippen molar-refractivity contribution < 1.29 is 31.4 Å². The highest BCUT2D eigenvalue weighted by Crippen LogP contribution is 2.39. The summed E-state index contributed by atoms with van der Waals surface area (Å²) in [5, 5.41) is 10.0. The summed E-state index contributed by atoms with van der Waals surface area (Å²) in [5.74, 6) is -3.85. The maximum Gasteiger partial charge on any atom is 0.419 e. The van der Waals surface area contributed by atoms with Crippen LogP contribution in [0.1, 0.15) is 67.0 Å². The zero-order chi connectivity index (χ0) is 29.7. The fourth-order valence-electron chi connectivity index (χ4n) is 5.10. The molecule has 1 N–H and O–H groups in total. The molecule has 0 heterocycles. The molecule has 4 aromatic carbocycles. The Morgan fingerprint density at radius 2 is 1.17 bits per heavy atom. The van der Waals surface area contributed by atoms with Crippen LogP contribution in [0.15, 0.2) is 72.8 Å². The molecule has 0 saturated carbocycles. The summed E-state index contributed by atoms with van der Waals surface area (Å²) in [6.45, 7) is 3.89. The molecule has 4 rings (SSSR count). The molecule has 1 atom stereocenters. The number of benzene rings is 4. The number of alkyl halides is 3. The lowest BCUT2D eigenvalue weighted by Gasteiger charge is -2.17. The van der Waals surface area contributed by atoms with Gasteiger partial charge >= 0.3 is 6.18 Å². The minimum atomic E-state index is -4.99. The minimum Gasteiger partial charge on any atom is -0.388 e. The second-order valence-corrected chi connectivity index (χ2v) is 10.2. The molecule has 41 heavy (non-hydrogen) atoms. The zero-order valence-electron chi connectivity index (χ0n) is 23.0. The van der Waals surface area contributed by atoms with Gasteiger partial charge in [0.05, 0.1) is 11.7 Å². The molecule has 0 aromatic heterocycles. The number of hydrogen-bond acceptors (Lipinski definition) is 1. The Bertz CT molecular complexity index is 1470. The second kappa shape index (κ2) is 12.9. The molecule has 0 bridgehead atoms. The normalized spacial score (nSPS) is 12.5. The molecule has 0 spiro atoms. The summed E-state index contributed by atoms with van der Waals surface area (Å²) in [6.07, 6.45) is -4.00. The summed E-state index contributed by atoms with van der Waals surface area (Å²) >= 11 is 0. The average molecular weight is 571 g/mol. The fourth-order valence-corrected chi connectivity index (χ4v) is 5.10. The van der Waals surface area contributed by atoms with Crippen LogP contribution in [0.4, 0.5) is 26.3 Å². The van der Waals surface area contributed by atoms with Crippen LogP contribution in [-0.4, -0.2) is 5.11 Å². The van der Waals surface area contributed by atoms with E-state index >= 15 is 4.39 Å². The van der Waals surface area contributed by atoms with E-state index in [-0.39, 0.29) is 41.5 Å². The Labute approximate surface area is 236 Å². The number of aliphatic hydroxyl groups excluding tert-OH is 1. The van der Waals surface area contributed by atoms with Crippen LogP contribution >= 0.6 is 0 Å². The summed E-state index contributed by atoms with van der Waals surface area (Å²) in [7, 11) is 0. The van der Waals surface area contributed by atoms with Gasteiger partial charge in [-0.25, -0.2) is 13.2 Å². The highest BCUT2D eigenvalue weighted by atomic mass is 19.4. The van der Waals surface area contributed by atoms with Gasteiger partial charge in [0, 0.05) is 11.1 Å². The van der Waals surface area contributed by atoms with Gasteiger partial charge in [-0.3, -0.25) is 0 Å². The first kappa shape index (κ1) is 30.4. The first-order valence-electron chi connectivity index (χ1n) is 13.8. The Morgan fingerprint density at radius 3 is 1.76 bits per heavy atom. The molecule has 1 nitrogen and oxygen atoms in total. The van der Waals surface area contributed by atoms with Crippen LogP contribution in [0.2, 0.25) is 0 Å². The Balaban J connectivity index is 1.60. The molecule has 7 heteroatoms. The Hall–Kier alpha value is -3.58. The van der Waals surface area contributed by atoms with E-state index in [1.807, 2.05) is 24.3 Å². The van der Waals surface area contributed by atoms with Crippen LogP contribution < -0.4 is 0 Å². The molecule has 1 unspecified atom stereocenters. The van der Waals surface area contributed by atoms with Crippen LogP contribution in [0.5, 0.6) is 0 Å². The van der Waals surface area contributed by atoms with E-state index in [9.17, 15) is 27.1 Å². The number of aliphatic hydroxyl groups is 1. The van der Waals surface area contributed by atoms with Gasteiger partial charge in [0.2, 0.25) is 0 Å². The maximum absolute atomic E-state index is 15.5. The standard InChI is InChI=1S/C34H32F6O/c1-3-5-21-7-9-22(10-8-21)23-11-13-24(14-12-23)27-19-17-25(30(32(27)36)34(38,39)40)15-16-26-18-20-28(29(41)6-4-2)33(37)31(26)35/h7-14,17-20,29,41H,3-6,15-16H2,1-2H3. The zero-order valence-corrected chi connectivity index (χ0v) is 23.0. The fraction of sp³-hybridized carbons (Fsp3) is 0.294. The summed E-state index contributed by atoms with van der Waals surface area (Å²) < 4.78 is 86.9. The third-order valence-electron chi connectivity index (χ3n) is 7.31. The van der Waals surface area contributed by atoms with Crippen molar-refractivity contribution in [1.29, 1.82) is 0 Å². The van der Waals surface area contributed by atoms with Gasteiger partial charge in [0.15, 0.2) is 11.6 Å². The lowest BCUT2D eigenvalue weighted by molar-refractivity contribution is -0.140. The predicted octanol–water partition coefficient (Wildman–Crippen LogP) is 10.0. The topological polar surface area (TPSA) is 20.2 Å². The van der Waals surface area contributed by atoms with Crippen molar-refractivity contribution in [3.63, 3.8) is 0 Å². The number of halogens is 6. The smallest absolute Gasteiger partial charge is 0.388 e. The SMILES string of the molecule is CCCc1ccc(-c2ccc(-c3ccc(CCc4ccc(C(O)CCC)c(F)c4F)c(C(F)(F)F)c3F)cc2)cc1. The van der Waals surface area contributed by atoms with Crippen molar-refractivity contribution in [3.8, 4) is 22.3 Å². The van der Waals surface area contributed by atoms with Crippen LogP contribution in [-0.2, 0) is 25.4 Å². The first-order valence-corrected chi connectivity index (χ1v) is 13.8. The van der Waals surface area contributed by atoms with Gasteiger partial charge in [-0.05, 0) is 59.1 Å². The molecule has 0 aliphatic carbocycles. The van der Waals surface area contributed by atoms with E-state index in [4.69, 9.17) is 0 Å². The lowest BCUT2D eigenvalue weighted by atomic mass is 9.92. The van der Waals surface area contributed by atoms with Crippen molar-refractivity contribution in [2.24, 2.45) is 0 Å². The van der Waals surface area contributed by atoms with Crippen molar-refractivity contribution in [2.45, 2.75) is 64.7 Å². The molecule has 216 valence electrons. The molecule has 0 aliphatic heterocycles. The highest BCUT2D eigenvalue weighted by molar-refractivity contribution is 5.71. The lowest BCUT2D eigenvalue weighted by Crippen LogP contribution is -2.14. The molecule has 0 fully saturated rings. The quantitative estimate of drug-likeness (QED) is 0.188.